The fraction of sp³-hybridized carbons (Fsp3) is 1.00. The van der Waals surface area contributed by atoms with E-state index in [1.54, 1.807) is 0 Å². The summed E-state index contributed by atoms with van der Waals surface area (Å²) in [6.07, 6.45) is 5.61. The molecule has 1 rings (SSSR count). The molecule has 0 spiro atoms. The second-order valence-corrected chi connectivity index (χ2v) is 5.10. The van der Waals surface area contributed by atoms with E-state index in [4.69, 9.17) is 0 Å². The van der Waals surface area contributed by atoms with Gasteiger partial charge in [0, 0.05) is 6.04 Å². The van der Waals surface area contributed by atoms with Crippen LogP contribution in [0.15, 0.2) is 0 Å². The van der Waals surface area contributed by atoms with E-state index in [0.717, 1.165) is 23.8 Å². The Morgan fingerprint density at radius 1 is 1.31 bits per heavy atom. The lowest BCUT2D eigenvalue weighted by atomic mass is 10.00. The largest absolute Gasteiger partial charge is 0.317 e. The first kappa shape index (κ1) is 11.0. The SMILES string of the molecule is CNC(CCCC(C)C)C1CC1C. The Hall–Kier alpha value is -0.0400. The highest BCUT2D eigenvalue weighted by atomic mass is 14.9. The molecule has 1 aliphatic carbocycles. The summed E-state index contributed by atoms with van der Waals surface area (Å²) >= 11 is 0. The molecule has 0 bridgehead atoms. The van der Waals surface area contributed by atoms with Gasteiger partial charge >= 0.3 is 0 Å². The minimum Gasteiger partial charge on any atom is -0.317 e. The van der Waals surface area contributed by atoms with Crippen LogP contribution in [-0.4, -0.2) is 13.1 Å². The molecule has 3 atom stereocenters. The minimum absolute atomic E-state index is 0.800. The van der Waals surface area contributed by atoms with E-state index in [0.29, 0.717) is 0 Å². The molecule has 3 unspecified atom stereocenters. The molecule has 1 heteroatoms. The van der Waals surface area contributed by atoms with Crippen LogP contribution in [0.5, 0.6) is 0 Å². The molecule has 0 aromatic rings. The number of hydrogen-bond donors (Lipinski definition) is 1. The Morgan fingerprint density at radius 2 is 1.92 bits per heavy atom. The van der Waals surface area contributed by atoms with Crippen LogP contribution in [0.4, 0.5) is 0 Å². The van der Waals surface area contributed by atoms with Crippen molar-refractivity contribution in [2.75, 3.05) is 7.05 Å². The van der Waals surface area contributed by atoms with Crippen molar-refractivity contribution in [3.63, 3.8) is 0 Å². The second-order valence-electron chi connectivity index (χ2n) is 5.10. The molecule has 0 aliphatic heterocycles. The van der Waals surface area contributed by atoms with Crippen molar-refractivity contribution in [1.29, 1.82) is 0 Å². The summed E-state index contributed by atoms with van der Waals surface area (Å²) in [6, 6.07) is 0.800. The monoisotopic (exact) mass is 183 g/mol. The van der Waals surface area contributed by atoms with E-state index in [1.165, 1.54) is 25.7 Å². The third-order valence-corrected chi connectivity index (χ3v) is 3.36. The molecule has 1 nitrogen and oxygen atoms in total. The van der Waals surface area contributed by atoms with Crippen LogP contribution in [0.2, 0.25) is 0 Å². The van der Waals surface area contributed by atoms with Gasteiger partial charge < -0.3 is 5.32 Å². The molecule has 0 aromatic heterocycles. The molecular formula is C12H25N. The average molecular weight is 183 g/mol. The predicted molar refractivity (Wildman–Crippen MR) is 58.8 cm³/mol. The third kappa shape index (κ3) is 3.68. The topological polar surface area (TPSA) is 12.0 Å². The van der Waals surface area contributed by atoms with Crippen LogP contribution in [-0.2, 0) is 0 Å². The van der Waals surface area contributed by atoms with Crippen LogP contribution < -0.4 is 5.32 Å². The standard InChI is InChI=1S/C12H25N/c1-9(2)6-5-7-12(13-4)11-8-10(11)3/h9-13H,5-8H2,1-4H3. The molecule has 78 valence electrons. The van der Waals surface area contributed by atoms with E-state index in [2.05, 4.69) is 33.1 Å². The zero-order valence-electron chi connectivity index (χ0n) is 9.64. The van der Waals surface area contributed by atoms with Crippen molar-refractivity contribution in [3.05, 3.63) is 0 Å². The van der Waals surface area contributed by atoms with Gasteiger partial charge in [0.25, 0.3) is 0 Å². The number of nitrogens with one attached hydrogen (secondary N) is 1. The van der Waals surface area contributed by atoms with Crippen molar-refractivity contribution in [2.24, 2.45) is 17.8 Å². The zero-order valence-corrected chi connectivity index (χ0v) is 9.64. The fourth-order valence-corrected chi connectivity index (χ4v) is 2.23. The fourth-order valence-electron chi connectivity index (χ4n) is 2.23. The summed E-state index contributed by atoms with van der Waals surface area (Å²) in [6.45, 7) is 7.00. The first-order valence-corrected chi connectivity index (χ1v) is 5.82. The van der Waals surface area contributed by atoms with Crippen molar-refractivity contribution in [3.8, 4) is 0 Å². The van der Waals surface area contributed by atoms with E-state index in [9.17, 15) is 0 Å². The minimum atomic E-state index is 0.800. The highest BCUT2D eigenvalue weighted by Crippen LogP contribution is 2.41. The predicted octanol–water partition coefficient (Wildman–Crippen LogP) is 3.06. The lowest BCUT2D eigenvalue weighted by molar-refractivity contribution is 0.415. The molecule has 0 amide bonds. The quantitative estimate of drug-likeness (QED) is 0.667. The first-order valence-electron chi connectivity index (χ1n) is 5.82. The normalized spacial score (nSPS) is 29.3. The molecule has 13 heavy (non-hydrogen) atoms. The smallest absolute Gasteiger partial charge is 0.00949 e. The molecule has 1 N–H and O–H groups in total. The summed E-state index contributed by atoms with van der Waals surface area (Å²) < 4.78 is 0. The lowest BCUT2D eigenvalue weighted by Gasteiger charge is -2.16. The van der Waals surface area contributed by atoms with Gasteiger partial charge in [0.1, 0.15) is 0 Å². The lowest BCUT2D eigenvalue weighted by Crippen LogP contribution is -2.27. The maximum Gasteiger partial charge on any atom is 0.00949 e. The van der Waals surface area contributed by atoms with E-state index >= 15 is 0 Å². The molecule has 0 aromatic carbocycles. The molecule has 1 saturated carbocycles. The van der Waals surface area contributed by atoms with Crippen molar-refractivity contribution in [1.82, 2.24) is 5.32 Å². The van der Waals surface area contributed by atoms with Crippen LogP contribution in [0.3, 0.4) is 0 Å². The molecule has 1 aliphatic rings. The molecule has 0 heterocycles. The highest BCUT2D eigenvalue weighted by molar-refractivity contribution is 4.91. The molecule has 0 saturated heterocycles. The van der Waals surface area contributed by atoms with Crippen molar-refractivity contribution in [2.45, 2.75) is 52.5 Å². The Kier molecular flexibility index (Phi) is 4.24. The van der Waals surface area contributed by atoms with Gasteiger partial charge in [0.05, 0.1) is 0 Å². The van der Waals surface area contributed by atoms with Gasteiger partial charge in [-0.1, -0.05) is 33.6 Å². The van der Waals surface area contributed by atoms with Crippen molar-refractivity contribution >= 4 is 0 Å². The Labute approximate surface area is 83.3 Å². The molecule has 0 radical (unpaired) electrons. The number of rotatable bonds is 6. The summed E-state index contributed by atoms with van der Waals surface area (Å²) in [7, 11) is 2.12. The van der Waals surface area contributed by atoms with Crippen LogP contribution in [0, 0.1) is 17.8 Å². The Balaban J connectivity index is 2.10. The van der Waals surface area contributed by atoms with Gasteiger partial charge in [0.15, 0.2) is 0 Å². The summed E-state index contributed by atoms with van der Waals surface area (Å²) in [5.74, 6) is 2.84. The first-order chi connectivity index (χ1) is 6.15. The van der Waals surface area contributed by atoms with Gasteiger partial charge in [-0.3, -0.25) is 0 Å². The van der Waals surface area contributed by atoms with Gasteiger partial charge in [-0.15, -0.1) is 0 Å². The highest BCUT2D eigenvalue weighted by Gasteiger charge is 2.38. The van der Waals surface area contributed by atoms with E-state index in [-0.39, 0.29) is 0 Å². The summed E-state index contributed by atoms with van der Waals surface area (Å²) in [5, 5.41) is 3.47. The van der Waals surface area contributed by atoms with Crippen molar-refractivity contribution < 1.29 is 0 Å². The van der Waals surface area contributed by atoms with E-state index in [1.807, 2.05) is 0 Å². The second kappa shape index (κ2) is 4.99. The third-order valence-electron chi connectivity index (χ3n) is 3.36. The van der Waals surface area contributed by atoms with Gasteiger partial charge in [-0.05, 0) is 37.6 Å². The van der Waals surface area contributed by atoms with Crippen LogP contribution in [0.25, 0.3) is 0 Å². The number of hydrogen-bond acceptors (Lipinski definition) is 1. The van der Waals surface area contributed by atoms with Crippen LogP contribution in [0.1, 0.15) is 46.5 Å². The molecule has 1 fully saturated rings. The van der Waals surface area contributed by atoms with Gasteiger partial charge in [0.2, 0.25) is 0 Å². The summed E-state index contributed by atoms with van der Waals surface area (Å²) in [4.78, 5) is 0. The maximum absolute atomic E-state index is 3.47. The van der Waals surface area contributed by atoms with Gasteiger partial charge in [-0.2, -0.15) is 0 Å². The maximum atomic E-state index is 3.47. The zero-order chi connectivity index (χ0) is 9.84. The molecular weight excluding hydrogens is 158 g/mol. The van der Waals surface area contributed by atoms with Crippen LogP contribution >= 0.6 is 0 Å². The Morgan fingerprint density at radius 3 is 2.31 bits per heavy atom. The van der Waals surface area contributed by atoms with E-state index < -0.39 is 0 Å². The van der Waals surface area contributed by atoms with Gasteiger partial charge in [-0.25, -0.2) is 0 Å². The average Bonchev–Trinajstić information content (AvgIpc) is 2.76. The Bertz CT molecular complexity index is 142. The summed E-state index contributed by atoms with van der Waals surface area (Å²) in [5.41, 5.74) is 0.